The Labute approximate surface area is 116 Å². The van der Waals surface area contributed by atoms with Gasteiger partial charge in [-0.05, 0) is 24.3 Å². The second kappa shape index (κ2) is 6.51. The van der Waals surface area contributed by atoms with Crippen molar-refractivity contribution in [1.29, 1.82) is 0 Å². The Hall–Kier alpha value is -2.63. The number of hydrogen-bond donors (Lipinski definition) is 2. The van der Waals surface area contributed by atoms with E-state index in [4.69, 9.17) is 0 Å². The van der Waals surface area contributed by atoms with Crippen LogP contribution in [0.4, 0.5) is 0 Å². The smallest absolute Gasteiger partial charge is 0.252 e. The third-order valence-corrected chi connectivity index (χ3v) is 2.73. The highest BCUT2D eigenvalue weighted by molar-refractivity contribution is 5.94. The molecular weight excluding hydrogens is 256 g/mol. The van der Waals surface area contributed by atoms with Crippen molar-refractivity contribution in [1.82, 2.24) is 20.4 Å². The molecule has 0 fully saturated rings. The molecule has 6 nitrogen and oxygen atoms in total. The monoisotopic (exact) mass is 272 g/mol. The van der Waals surface area contributed by atoms with E-state index < -0.39 is 0 Å². The fraction of sp³-hybridized carbons (Fsp3) is 0.214. The van der Waals surface area contributed by atoms with Crippen molar-refractivity contribution in [2.75, 3.05) is 6.67 Å². The number of hydrogen-bond acceptors (Lipinski definition) is 3. The summed E-state index contributed by atoms with van der Waals surface area (Å²) >= 11 is 0. The molecule has 0 saturated carbocycles. The summed E-state index contributed by atoms with van der Waals surface area (Å²) in [5.74, 6) is -0.342. The van der Waals surface area contributed by atoms with Gasteiger partial charge < -0.3 is 10.6 Å². The molecule has 2 rings (SSSR count). The Morgan fingerprint density at radius 1 is 1.25 bits per heavy atom. The van der Waals surface area contributed by atoms with E-state index in [2.05, 4.69) is 15.7 Å². The molecule has 2 aromatic rings. The predicted octanol–water partition coefficient (Wildman–Crippen LogP) is 1.09. The van der Waals surface area contributed by atoms with Crippen LogP contribution < -0.4 is 10.6 Å². The van der Waals surface area contributed by atoms with Crippen molar-refractivity contribution < 1.29 is 9.59 Å². The standard InChI is InChI=1S/C14H16N4O2/c1-2-13(19)15-10-16-14(20)11-5-3-6-12(9-11)18-8-4-7-17-18/h3-9H,2,10H2,1H3,(H,15,19)(H,16,20). The molecule has 0 atom stereocenters. The van der Waals surface area contributed by atoms with Crippen LogP contribution in [0.2, 0.25) is 0 Å². The molecule has 2 amide bonds. The SMILES string of the molecule is CCC(=O)NCNC(=O)c1cccc(-n2cccn2)c1. The molecule has 20 heavy (non-hydrogen) atoms. The average Bonchev–Trinajstić information content (AvgIpc) is 3.01. The van der Waals surface area contributed by atoms with Crippen LogP contribution in [0.3, 0.4) is 0 Å². The van der Waals surface area contributed by atoms with Crippen LogP contribution in [-0.2, 0) is 4.79 Å². The number of benzene rings is 1. The molecular formula is C14H16N4O2. The number of nitrogens with zero attached hydrogens (tertiary/aromatic N) is 2. The summed E-state index contributed by atoms with van der Waals surface area (Å²) in [7, 11) is 0. The number of carbonyl (C=O) groups is 2. The van der Waals surface area contributed by atoms with Gasteiger partial charge in [0.1, 0.15) is 0 Å². The lowest BCUT2D eigenvalue weighted by molar-refractivity contribution is -0.120. The maximum Gasteiger partial charge on any atom is 0.252 e. The third-order valence-electron chi connectivity index (χ3n) is 2.73. The van der Waals surface area contributed by atoms with E-state index in [1.165, 1.54) is 0 Å². The Bertz CT molecular complexity index is 593. The molecule has 0 bridgehead atoms. The number of nitrogens with one attached hydrogen (secondary N) is 2. The van der Waals surface area contributed by atoms with Crippen molar-refractivity contribution >= 4 is 11.8 Å². The molecule has 0 aliphatic rings. The minimum atomic E-state index is -0.240. The summed E-state index contributed by atoms with van der Waals surface area (Å²) in [5.41, 5.74) is 1.32. The second-order valence-corrected chi connectivity index (χ2v) is 4.14. The van der Waals surface area contributed by atoms with Gasteiger partial charge in [-0.3, -0.25) is 9.59 Å². The number of aromatic nitrogens is 2. The highest BCUT2D eigenvalue weighted by Gasteiger charge is 2.07. The van der Waals surface area contributed by atoms with Gasteiger partial charge in [0, 0.05) is 24.4 Å². The summed E-state index contributed by atoms with van der Waals surface area (Å²) < 4.78 is 1.68. The van der Waals surface area contributed by atoms with Crippen molar-refractivity contribution in [3.05, 3.63) is 48.3 Å². The lowest BCUT2D eigenvalue weighted by Crippen LogP contribution is -2.36. The van der Waals surface area contributed by atoms with Crippen molar-refractivity contribution in [3.63, 3.8) is 0 Å². The minimum Gasteiger partial charge on any atom is -0.339 e. The van der Waals surface area contributed by atoms with E-state index >= 15 is 0 Å². The van der Waals surface area contributed by atoms with Crippen LogP contribution in [-0.4, -0.2) is 28.3 Å². The highest BCUT2D eigenvalue weighted by atomic mass is 16.2. The summed E-state index contributed by atoms with van der Waals surface area (Å²) in [6.45, 7) is 1.88. The molecule has 0 aliphatic heterocycles. The third kappa shape index (κ3) is 3.44. The van der Waals surface area contributed by atoms with Gasteiger partial charge in [-0.25, -0.2) is 4.68 Å². The van der Waals surface area contributed by atoms with E-state index in [1.807, 2.05) is 12.1 Å². The number of carbonyl (C=O) groups excluding carboxylic acids is 2. The lowest BCUT2D eigenvalue weighted by Gasteiger charge is -2.08. The first-order valence-electron chi connectivity index (χ1n) is 6.35. The fourth-order valence-corrected chi connectivity index (χ4v) is 1.66. The van der Waals surface area contributed by atoms with Gasteiger partial charge in [0.05, 0.1) is 12.4 Å². The van der Waals surface area contributed by atoms with Gasteiger partial charge in [0.25, 0.3) is 5.91 Å². The van der Waals surface area contributed by atoms with Gasteiger partial charge in [-0.1, -0.05) is 13.0 Å². The largest absolute Gasteiger partial charge is 0.339 e. The van der Waals surface area contributed by atoms with Crippen LogP contribution in [0.25, 0.3) is 5.69 Å². The molecule has 1 aromatic heterocycles. The van der Waals surface area contributed by atoms with Crippen LogP contribution in [0.1, 0.15) is 23.7 Å². The highest BCUT2D eigenvalue weighted by Crippen LogP contribution is 2.09. The predicted molar refractivity (Wildman–Crippen MR) is 74.3 cm³/mol. The average molecular weight is 272 g/mol. The topological polar surface area (TPSA) is 76.0 Å². The first-order chi connectivity index (χ1) is 9.70. The molecule has 1 aromatic carbocycles. The zero-order chi connectivity index (χ0) is 14.4. The van der Waals surface area contributed by atoms with Gasteiger partial charge in [-0.2, -0.15) is 5.10 Å². The van der Waals surface area contributed by atoms with Crippen LogP contribution >= 0.6 is 0 Å². The van der Waals surface area contributed by atoms with Gasteiger partial charge in [0.15, 0.2) is 0 Å². The van der Waals surface area contributed by atoms with E-state index in [-0.39, 0.29) is 18.5 Å². The number of rotatable bonds is 5. The summed E-state index contributed by atoms with van der Waals surface area (Å²) in [6, 6.07) is 8.92. The normalized spacial score (nSPS) is 10.1. The molecule has 1 heterocycles. The van der Waals surface area contributed by atoms with Crippen LogP contribution in [0.5, 0.6) is 0 Å². The summed E-state index contributed by atoms with van der Waals surface area (Å²) in [5, 5.41) is 9.33. The van der Waals surface area contributed by atoms with Crippen LogP contribution in [0, 0.1) is 0 Å². The maximum absolute atomic E-state index is 11.9. The lowest BCUT2D eigenvalue weighted by atomic mass is 10.2. The molecule has 0 unspecified atom stereocenters. The van der Waals surface area contributed by atoms with Gasteiger partial charge >= 0.3 is 0 Å². The molecule has 0 aliphatic carbocycles. The second-order valence-electron chi connectivity index (χ2n) is 4.14. The Balaban J connectivity index is 2.00. The van der Waals surface area contributed by atoms with E-state index in [0.29, 0.717) is 12.0 Å². The van der Waals surface area contributed by atoms with E-state index in [1.54, 1.807) is 42.2 Å². The molecule has 0 saturated heterocycles. The fourth-order valence-electron chi connectivity index (χ4n) is 1.66. The van der Waals surface area contributed by atoms with E-state index in [0.717, 1.165) is 5.69 Å². The number of amides is 2. The van der Waals surface area contributed by atoms with Crippen LogP contribution in [0.15, 0.2) is 42.7 Å². The first-order valence-corrected chi connectivity index (χ1v) is 6.35. The minimum absolute atomic E-state index is 0.101. The Kier molecular flexibility index (Phi) is 4.49. The summed E-state index contributed by atoms with van der Waals surface area (Å²) in [6.07, 6.45) is 3.87. The molecule has 6 heteroatoms. The molecule has 0 spiro atoms. The maximum atomic E-state index is 11.9. The molecule has 2 N–H and O–H groups in total. The van der Waals surface area contributed by atoms with Crippen molar-refractivity contribution in [3.8, 4) is 5.69 Å². The van der Waals surface area contributed by atoms with Crippen molar-refractivity contribution in [2.45, 2.75) is 13.3 Å². The zero-order valence-electron chi connectivity index (χ0n) is 11.2. The van der Waals surface area contributed by atoms with Crippen molar-refractivity contribution in [2.24, 2.45) is 0 Å². The molecule has 0 radical (unpaired) electrons. The zero-order valence-corrected chi connectivity index (χ0v) is 11.2. The van der Waals surface area contributed by atoms with E-state index in [9.17, 15) is 9.59 Å². The Morgan fingerprint density at radius 2 is 2.10 bits per heavy atom. The Morgan fingerprint density at radius 3 is 2.80 bits per heavy atom. The van der Waals surface area contributed by atoms with Gasteiger partial charge in [-0.15, -0.1) is 0 Å². The van der Waals surface area contributed by atoms with Gasteiger partial charge in [0.2, 0.25) is 5.91 Å². The quantitative estimate of drug-likeness (QED) is 0.800. The first kappa shape index (κ1) is 13.8. The summed E-state index contributed by atoms with van der Waals surface area (Å²) in [4.78, 5) is 23.0. The molecule has 104 valence electrons.